The van der Waals surface area contributed by atoms with E-state index in [1.165, 1.54) is 0 Å². The van der Waals surface area contributed by atoms with Crippen LogP contribution >= 0.6 is 11.8 Å². The molecule has 2 N–H and O–H groups in total. The summed E-state index contributed by atoms with van der Waals surface area (Å²) < 4.78 is 2.05. The van der Waals surface area contributed by atoms with Crippen LogP contribution in [-0.4, -0.2) is 14.8 Å². The van der Waals surface area contributed by atoms with Crippen molar-refractivity contribution in [1.29, 1.82) is 5.26 Å². The van der Waals surface area contributed by atoms with Crippen molar-refractivity contribution in [3.05, 3.63) is 41.2 Å². The molecule has 1 aromatic heterocycles. The fourth-order valence-corrected chi connectivity index (χ4v) is 2.97. The molecule has 2 aromatic rings. The molecular weight excluding hydrogens is 270 g/mol. The van der Waals surface area contributed by atoms with Crippen LogP contribution in [0.15, 0.2) is 29.4 Å². The minimum atomic E-state index is 0.275. The first-order chi connectivity index (χ1) is 9.65. The first-order valence-corrected chi connectivity index (χ1v) is 7.40. The average molecular weight is 287 g/mol. The summed E-state index contributed by atoms with van der Waals surface area (Å²) in [6, 6.07) is 10.0. The Morgan fingerprint density at radius 2 is 2.20 bits per heavy atom. The second-order valence-electron chi connectivity index (χ2n) is 4.67. The summed E-state index contributed by atoms with van der Waals surface area (Å²) >= 11 is 1.61. The first kappa shape index (κ1) is 14.6. The van der Waals surface area contributed by atoms with Crippen molar-refractivity contribution in [1.82, 2.24) is 14.8 Å². The summed E-state index contributed by atoms with van der Waals surface area (Å²) in [7, 11) is 0. The molecule has 20 heavy (non-hydrogen) atoms. The number of aromatic nitrogens is 3. The van der Waals surface area contributed by atoms with Gasteiger partial charge in [-0.05, 0) is 31.5 Å². The second kappa shape index (κ2) is 6.55. The summed E-state index contributed by atoms with van der Waals surface area (Å²) in [4.78, 5) is 0. The van der Waals surface area contributed by atoms with Crippen molar-refractivity contribution in [2.75, 3.05) is 0 Å². The third-order valence-corrected chi connectivity index (χ3v) is 3.87. The predicted molar refractivity (Wildman–Crippen MR) is 79.0 cm³/mol. The Morgan fingerprint density at radius 3 is 2.85 bits per heavy atom. The molecule has 0 aliphatic heterocycles. The predicted octanol–water partition coefficient (Wildman–Crippen LogP) is 2.48. The van der Waals surface area contributed by atoms with E-state index in [1.807, 2.05) is 18.2 Å². The van der Waals surface area contributed by atoms with Crippen molar-refractivity contribution in [2.24, 2.45) is 5.73 Å². The summed E-state index contributed by atoms with van der Waals surface area (Å²) in [6.45, 7) is 4.56. The molecule has 0 radical (unpaired) electrons. The van der Waals surface area contributed by atoms with Gasteiger partial charge < -0.3 is 10.3 Å². The molecule has 104 valence electrons. The molecule has 0 bridgehead atoms. The highest BCUT2D eigenvalue weighted by molar-refractivity contribution is 7.98. The Bertz CT molecular complexity index is 627. The van der Waals surface area contributed by atoms with Crippen LogP contribution < -0.4 is 5.73 Å². The summed E-state index contributed by atoms with van der Waals surface area (Å²) in [5, 5.41) is 18.1. The van der Waals surface area contributed by atoms with Gasteiger partial charge >= 0.3 is 0 Å². The first-order valence-electron chi connectivity index (χ1n) is 6.41. The van der Waals surface area contributed by atoms with Crippen molar-refractivity contribution in [3.8, 4) is 6.07 Å². The van der Waals surface area contributed by atoms with Crippen LogP contribution in [0.3, 0.4) is 0 Å². The number of hydrogen-bond acceptors (Lipinski definition) is 5. The molecule has 0 amide bonds. The van der Waals surface area contributed by atoms with Gasteiger partial charge in [0.05, 0.1) is 18.2 Å². The minimum Gasteiger partial charge on any atom is -0.324 e. The Kier molecular flexibility index (Phi) is 4.77. The molecule has 0 fully saturated rings. The van der Waals surface area contributed by atoms with E-state index in [9.17, 15) is 0 Å². The van der Waals surface area contributed by atoms with Crippen LogP contribution in [0.25, 0.3) is 0 Å². The van der Waals surface area contributed by atoms with Gasteiger partial charge in [0.25, 0.3) is 0 Å². The normalized spacial score (nSPS) is 10.8. The van der Waals surface area contributed by atoms with Gasteiger partial charge in [-0.2, -0.15) is 5.26 Å². The van der Waals surface area contributed by atoms with Crippen molar-refractivity contribution >= 4 is 11.8 Å². The average Bonchev–Trinajstić information content (AvgIpc) is 2.88. The molecular formula is C14H17N5S. The fraction of sp³-hybridized carbons (Fsp3) is 0.357. The number of rotatable bonds is 5. The maximum absolute atomic E-state index is 8.90. The zero-order valence-electron chi connectivity index (χ0n) is 11.6. The molecule has 2 rings (SSSR count). The lowest BCUT2D eigenvalue weighted by Gasteiger charge is -2.12. The third kappa shape index (κ3) is 3.18. The van der Waals surface area contributed by atoms with E-state index in [1.54, 1.807) is 17.8 Å². The van der Waals surface area contributed by atoms with E-state index < -0.39 is 0 Å². The van der Waals surface area contributed by atoms with Crippen molar-refractivity contribution in [3.63, 3.8) is 0 Å². The number of benzene rings is 1. The van der Waals surface area contributed by atoms with Crippen LogP contribution in [0, 0.1) is 11.3 Å². The number of nitrogens with zero attached hydrogens (tertiary/aromatic N) is 4. The highest BCUT2D eigenvalue weighted by Gasteiger charge is 2.14. The molecule has 0 saturated carbocycles. The van der Waals surface area contributed by atoms with E-state index in [4.69, 9.17) is 11.0 Å². The van der Waals surface area contributed by atoms with E-state index >= 15 is 0 Å². The standard InChI is InChI=1S/C14H17N5S/c1-10(2)19-13(8-16)17-18-14(19)20-9-12-5-3-4-11(6-12)7-15/h3-6,10H,8-9,16H2,1-2H3. The molecule has 0 aliphatic carbocycles. The quantitative estimate of drug-likeness (QED) is 0.854. The number of hydrogen-bond donors (Lipinski definition) is 1. The Hall–Kier alpha value is -1.84. The van der Waals surface area contributed by atoms with Gasteiger partial charge in [-0.15, -0.1) is 10.2 Å². The van der Waals surface area contributed by atoms with Gasteiger partial charge in [0.1, 0.15) is 5.82 Å². The zero-order chi connectivity index (χ0) is 14.5. The lowest BCUT2D eigenvalue weighted by atomic mass is 10.2. The Labute approximate surface area is 122 Å². The van der Waals surface area contributed by atoms with E-state index in [2.05, 4.69) is 34.7 Å². The Morgan fingerprint density at radius 1 is 1.40 bits per heavy atom. The lowest BCUT2D eigenvalue weighted by Crippen LogP contribution is -2.11. The maximum atomic E-state index is 8.90. The maximum Gasteiger partial charge on any atom is 0.191 e. The van der Waals surface area contributed by atoms with Crippen LogP contribution in [0.2, 0.25) is 0 Å². The topological polar surface area (TPSA) is 80.5 Å². The number of nitrogens with two attached hydrogens (primary N) is 1. The second-order valence-corrected chi connectivity index (χ2v) is 5.61. The van der Waals surface area contributed by atoms with Gasteiger partial charge in [0.15, 0.2) is 5.16 Å². The van der Waals surface area contributed by atoms with Gasteiger partial charge in [-0.1, -0.05) is 23.9 Å². The molecule has 6 heteroatoms. The summed E-state index contributed by atoms with van der Waals surface area (Å²) in [6.07, 6.45) is 0. The van der Waals surface area contributed by atoms with Crippen LogP contribution in [0.5, 0.6) is 0 Å². The smallest absolute Gasteiger partial charge is 0.191 e. The van der Waals surface area contributed by atoms with Crippen LogP contribution in [0.4, 0.5) is 0 Å². The summed E-state index contributed by atoms with van der Waals surface area (Å²) in [5.41, 5.74) is 7.45. The molecule has 0 aliphatic rings. The largest absolute Gasteiger partial charge is 0.324 e. The number of thioether (sulfide) groups is 1. The molecule has 0 atom stereocenters. The highest BCUT2D eigenvalue weighted by Crippen LogP contribution is 2.25. The van der Waals surface area contributed by atoms with Gasteiger partial charge in [-0.25, -0.2) is 0 Å². The van der Waals surface area contributed by atoms with Gasteiger partial charge in [0.2, 0.25) is 0 Å². The van der Waals surface area contributed by atoms with E-state index in [-0.39, 0.29) is 6.04 Å². The number of nitriles is 1. The molecule has 5 nitrogen and oxygen atoms in total. The van der Waals surface area contributed by atoms with Gasteiger partial charge in [0, 0.05) is 11.8 Å². The lowest BCUT2D eigenvalue weighted by molar-refractivity contribution is 0.526. The van der Waals surface area contributed by atoms with Crippen LogP contribution in [-0.2, 0) is 12.3 Å². The van der Waals surface area contributed by atoms with Crippen LogP contribution in [0.1, 0.15) is 36.8 Å². The molecule has 1 heterocycles. The minimum absolute atomic E-state index is 0.275. The Balaban J connectivity index is 2.15. The van der Waals surface area contributed by atoms with E-state index in [0.29, 0.717) is 12.1 Å². The molecule has 0 saturated heterocycles. The monoisotopic (exact) mass is 287 g/mol. The molecule has 1 aromatic carbocycles. The summed E-state index contributed by atoms with van der Waals surface area (Å²) in [5.74, 6) is 1.55. The van der Waals surface area contributed by atoms with Crippen molar-refractivity contribution < 1.29 is 0 Å². The zero-order valence-corrected chi connectivity index (χ0v) is 12.4. The fourth-order valence-electron chi connectivity index (χ4n) is 1.94. The molecule has 0 spiro atoms. The SMILES string of the molecule is CC(C)n1c(CN)nnc1SCc1cccc(C#N)c1. The molecule has 0 unspecified atom stereocenters. The highest BCUT2D eigenvalue weighted by atomic mass is 32.2. The van der Waals surface area contributed by atoms with E-state index in [0.717, 1.165) is 22.3 Å². The van der Waals surface area contributed by atoms with Crippen molar-refractivity contribution in [2.45, 2.75) is 37.3 Å². The van der Waals surface area contributed by atoms with Gasteiger partial charge in [-0.3, -0.25) is 0 Å². The third-order valence-electron chi connectivity index (χ3n) is 2.86.